The number of rotatable bonds is 3. The Balaban J connectivity index is 2.38. The van der Waals surface area contributed by atoms with Gasteiger partial charge in [-0.05, 0) is 0 Å². The molecule has 0 bridgehead atoms. The Kier molecular flexibility index (Phi) is 3.26. The summed E-state index contributed by atoms with van der Waals surface area (Å²) in [6.45, 7) is 2.39. The van der Waals surface area contributed by atoms with Crippen molar-refractivity contribution in [3.8, 4) is 0 Å². The lowest BCUT2D eigenvalue weighted by Gasteiger charge is -1.97. The summed E-state index contributed by atoms with van der Waals surface area (Å²) in [5.41, 5.74) is 0. The lowest BCUT2D eigenvalue weighted by atomic mass is 10.4. The fourth-order valence-corrected chi connectivity index (χ4v) is 0.844. The summed E-state index contributed by atoms with van der Waals surface area (Å²) in [5, 5.41) is 2.77. The summed E-state index contributed by atoms with van der Waals surface area (Å²) >= 11 is 0. The van der Waals surface area contributed by atoms with Crippen molar-refractivity contribution in [2.24, 2.45) is 0 Å². The molecule has 0 unspecified atom stereocenters. The van der Waals surface area contributed by atoms with Crippen molar-refractivity contribution in [1.29, 1.82) is 0 Å². The molecule has 0 saturated carbocycles. The van der Waals surface area contributed by atoms with Gasteiger partial charge in [0, 0.05) is 18.6 Å². The highest BCUT2D eigenvalue weighted by atomic mass is 16.1. The first-order valence-electron chi connectivity index (χ1n) is 4.03. The van der Waals surface area contributed by atoms with Gasteiger partial charge in [-0.1, -0.05) is 13.0 Å². The smallest absolute Gasteiger partial charge is 0.224 e. The van der Waals surface area contributed by atoms with E-state index in [1.807, 2.05) is 42.1 Å². The Morgan fingerprint density at radius 1 is 1.33 bits per heavy atom. The van der Waals surface area contributed by atoms with E-state index in [1.54, 1.807) is 0 Å². The highest BCUT2D eigenvalue weighted by Crippen LogP contribution is 1.77. The fourth-order valence-electron chi connectivity index (χ4n) is 0.844. The first-order chi connectivity index (χ1) is 5.83. The van der Waals surface area contributed by atoms with Gasteiger partial charge >= 0.3 is 0 Å². The van der Waals surface area contributed by atoms with Gasteiger partial charge in [0.15, 0.2) is 12.4 Å². The van der Waals surface area contributed by atoms with Gasteiger partial charge < -0.3 is 5.32 Å². The monoisotopic (exact) mass is 165 g/mol. The van der Waals surface area contributed by atoms with Crippen LogP contribution >= 0.6 is 0 Å². The molecule has 1 rings (SSSR count). The molecule has 3 heteroatoms. The van der Waals surface area contributed by atoms with E-state index in [0.29, 0.717) is 13.1 Å². The van der Waals surface area contributed by atoms with Gasteiger partial charge in [0.1, 0.15) is 0 Å². The second-order valence-electron chi connectivity index (χ2n) is 2.50. The number of carbonyl (C=O) groups excluding carboxylic acids is 1. The molecule has 1 aromatic heterocycles. The van der Waals surface area contributed by atoms with Crippen LogP contribution in [0.5, 0.6) is 0 Å². The molecule has 1 N–H and O–H groups in total. The van der Waals surface area contributed by atoms with Crippen LogP contribution in [-0.2, 0) is 11.5 Å². The van der Waals surface area contributed by atoms with Gasteiger partial charge in [0.05, 0.1) is 0 Å². The topological polar surface area (TPSA) is 33.0 Å². The van der Waals surface area contributed by atoms with E-state index in [2.05, 4.69) is 5.32 Å². The number of nitrogens with one attached hydrogen (secondary N) is 1. The quantitative estimate of drug-likeness (QED) is 0.648. The fraction of sp³-hybridized carbons (Fsp3) is 0.333. The Bertz CT molecular complexity index is 246. The summed E-state index contributed by atoms with van der Waals surface area (Å²) in [4.78, 5) is 10.9. The van der Waals surface area contributed by atoms with Crippen molar-refractivity contribution < 1.29 is 9.36 Å². The predicted molar refractivity (Wildman–Crippen MR) is 45.1 cm³/mol. The third-order valence-corrected chi connectivity index (χ3v) is 1.56. The van der Waals surface area contributed by atoms with Gasteiger partial charge in [0.2, 0.25) is 12.6 Å². The third-order valence-electron chi connectivity index (χ3n) is 1.56. The van der Waals surface area contributed by atoms with Crippen LogP contribution in [0.2, 0.25) is 0 Å². The Hall–Kier alpha value is -1.38. The number of pyridine rings is 1. The van der Waals surface area contributed by atoms with Crippen LogP contribution in [-0.4, -0.2) is 5.91 Å². The maximum Gasteiger partial charge on any atom is 0.224 e. The summed E-state index contributed by atoms with van der Waals surface area (Å²) in [5.74, 6) is 0.0753. The molecular weight excluding hydrogens is 152 g/mol. The third kappa shape index (κ3) is 2.70. The van der Waals surface area contributed by atoms with Crippen molar-refractivity contribution in [3.63, 3.8) is 0 Å². The number of aromatic nitrogens is 1. The van der Waals surface area contributed by atoms with Crippen molar-refractivity contribution in [2.45, 2.75) is 20.0 Å². The normalized spacial score (nSPS) is 9.42. The molecule has 0 aliphatic carbocycles. The van der Waals surface area contributed by atoms with E-state index in [0.717, 1.165) is 0 Å². The molecule has 1 heterocycles. The Morgan fingerprint density at radius 2 is 2.00 bits per heavy atom. The van der Waals surface area contributed by atoms with Crippen LogP contribution in [0.4, 0.5) is 0 Å². The first kappa shape index (κ1) is 8.71. The number of carbonyl (C=O) groups is 1. The minimum absolute atomic E-state index is 0.0753. The van der Waals surface area contributed by atoms with Crippen LogP contribution in [0.3, 0.4) is 0 Å². The molecule has 0 radical (unpaired) electrons. The zero-order valence-corrected chi connectivity index (χ0v) is 7.16. The molecule has 0 atom stereocenters. The van der Waals surface area contributed by atoms with Crippen LogP contribution in [0.1, 0.15) is 13.3 Å². The molecule has 0 aliphatic heterocycles. The molecule has 3 nitrogen and oxygen atoms in total. The van der Waals surface area contributed by atoms with E-state index < -0.39 is 0 Å². The van der Waals surface area contributed by atoms with Gasteiger partial charge in [-0.15, -0.1) is 0 Å². The summed E-state index contributed by atoms with van der Waals surface area (Å²) in [7, 11) is 0. The van der Waals surface area contributed by atoms with Gasteiger partial charge in [0.25, 0.3) is 0 Å². The number of hydrogen-bond acceptors (Lipinski definition) is 1. The zero-order valence-electron chi connectivity index (χ0n) is 7.16. The maximum absolute atomic E-state index is 10.9. The van der Waals surface area contributed by atoms with Gasteiger partial charge in [-0.25, -0.2) is 0 Å². The van der Waals surface area contributed by atoms with Crippen LogP contribution < -0.4 is 9.88 Å². The van der Waals surface area contributed by atoms with E-state index in [1.165, 1.54) is 0 Å². The first-order valence-corrected chi connectivity index (χ1v) is 4.03. The Labute approximate surface area is 72.0 Å². The minimum atomic E-state index is 0.0753. The van der Waals surface area contributed by atoms with Gasteiger partial charge in [-0.3, -0.25) is 4.79 Å². The standard InChI is InChI=1S/C9H12N2O/c1-2-9(12)10-8-11-6-4-3-5-7-11/h3-7H,2,8H2,1H3/p+1. The number of nitrogens with zero attached hydrogens (tertiary/aromatic N) is 1. The van der Waals surface area contributed by atoms with Crippen molar-refractivity contribution in [3.05, 3.63) is 30.6 Å². The van der Waals surface area contributed by atoms with Crippen molar-refractivity contribution in [2.75, 3.05) is 0 Å². The summed E-state index contributed by atoms with van der Waals surface area (Å²) in [6.07, 6.45) is 4.36. The highest BCUT2D eigenvalue weighted by molar-refractivity contribution is 5.74. The van der Waals surface area contributed by atoms with E-state index in [9.17, 15) is 4.79 Å². The second kappa shape index (κ2) is 4.49. The molecular formula is C9H13N2O+. The molecule has 64 valence electrons. The van der Waals surface area contributed by atoms with Gasteiger partial charge in [-0.2, -0.15) is 4.57 Å². The molecule has 0 fully saturated rings. The average Bonchev–Trinajstić information content (AvgIpc) is 2.16. The van der Waals surface area contributed by atoms with Crippen LogP contribution in [0, 0.1) is 0 Å². The van der Waals surface area contributed by atoms with E-state index in [4.69, 9.17) is 0 Å². The molecule has 0 spiro atoms. The average molecular weight is 165 g/mol. The van der Waals surface area contributed by atoms with Crippen molar-refractivity contribution in [1.82, 2.24) is 5.32 Å². The SMILES string of the molecule is CCC(=O)NC[n+]1ccccc1. The molecule has 0 saturated heterocycles. The zero-order chi connectivity index (χ0) is 8.81. The second-order valence-corrected chi connectivity index (χ2v) is 2.50. The molecule has 1 aromatic rings. The lowest BCUT2D eigenvalue weighted by Crippen LogP contribution is -2.42. The number of amides is 1. The van der Waals surface area contributed by atoms with Crippen LogP contribution in [0.25, 0.3) is 0 Å². The maximum atomic E-state index is 10.9. The molecule has 1 amide bonds. The van der Waals surface area contributed by atoms with E-state index >= 15 is 0 Å². The van der Waals surface area contributed by atoms with Crippen LogP contribution in [0.15, 0.2) is 30.6 Å². The van der Waals surface area contributed by atoms with E-state index in [-0.39, 0.29) is 5.91 Å². The minimum Gasteiger partial charge on any atom is -0.301 e. The Morgan fingerprint density at radius 3 is 2.58 bits per heavy atom. The number of hydrogen-bond donors (Lipinski definition) is 1. The summed E-state index contributed by atoms with van der Waals surface area (Å²) < 4.78 is 1.91. The lowest BCUT2D eigenvalue weighted by molar-refractivity contribution is -0.700. The summed E-state index contributed by atoms with van der Waals surface area (Å²) in [6, 6.07) is 5.80. The molecule has 0 aromatic carbocycles. The molecule has 0 aliphatic rings. The highest BCUT2D eigenvalue weighted by Gasteiger charge is 1.99. The van der Waals surface area contributed by atoms with Crippen molar-refractivity contribution >= 4 is 5.91 Å². The molecule has 12 heavy (non-hydrogen) atoms. The predicted octanol–water partition coefficient (Wildman–Crippen LogP) is 0.458. The largest absolute Gasteiger partial charge is 0.301 e.